The highest BCUT2D eigenvalue weighted by atomic mass is 16.3. The summed E-state index contributed by atoms with van der Waals surface area (Å²) in [5.74, 6) is 0. The second kappa shape index (κ2) is 8.72. The van der Waals surface area contributed by atoms with E-state index in [0.717, 1.165) is 21.7 Å². The minimum absolute atomic E-state index is 0.0498. The van der Waals surface area contributed by atoms with Gasteiger partial charge in [0.1, 0.15) is 11.2 Å². The topological polar surface area (TPSA) is 13.1 Å². The summed E-state index contributed by atoms with van der Waals surface area (Å²) in [5.41, 5.74) is 3.50. The Morgan fingerprint density at radius 2 is 0.923 bits per heavy atom. The quantitative estimate of drug-likeness (QED) is 0.217. The zero-order chi connectivity index (χ0) is 34.5. The third-order valence-electron chi connectivity index (χ3n) is 7.22. The van der Waals surface area contributed by atoms with Crippen molar-refractivity contribution in [2.45, 2.75) is 0 Å². The van der Waals surface area contributed by atoms with Gasteiger partial charge in [0.2, 0.25) is 0 Å². The Kier molecular flexibility index (Phi) is 3.16. The summed E-state index contributed by atoms with van der Waals surface area (Å²) in [6.45, 7) is 0. The molecule has 0 N–H and O–H groups in total. The molecule has 8 aromatic rings. The summed E-state index contributed by atoms with van der Waals surface area (Å²) in [6, 6.07) is 22.1. The molecule has 0 amide bonds. The van der Waals surface area contributed by atoms with Crippen molar-refractivity contribution < 1.29 is 18.1 Å². The molecule has 0 unspecified atom stereocenters. The van der Waals surface area contributed by atoms with Crippen molar-refractivity contribution in [2.24, 2.45) is 0 Å². The summed E-state index contributed by atoms with van der Waals surface area (Å²) in [4.78, 5) is 0. The fourth-order valence-electron chi connectivity index (χ4n) is 5.66. The predicted octanol–water partition coefficient (Wildman–Crippen LogP) is 10.9. The van der Waals surface area contributed by atoms with E-state index in [1.165, 1.54) is 0 Å². The van der Waals surface area contributed by atoms with Crippen LogP contribution in [-0.4, -0.2) is 0 Å². The Morgan fingerprint density at radius 3 is 1.51 bits per heavy atom. The molecule has 1 aromatic heterocycles. The Hall–Kier alpha value is -5.14. The highest BCUT2D eigenvalue weighted by Crippen LogP contribution is 2.46. The van der Waals surface area contributed by atoms with Crippen LogP contribution in [0.25, 0.3) is 76.9 Å². The molecule has 0 saturated carbocycles. The molecule has 0 aliphatic heterocycles. The molecule has 7 aromatic carbocycles. The lowest BCUT2D eigenvalue weighted by molar-refractivity contribution is 0.669. The van der Waals surface area contributed by atoms with Crippen LogP contribution in [0.2, 0.25) is 0 Å². The zero-order valence-electron chi connectivity index (χ0n) is 30.5. The minimum Gasteiger partial charge on any atom is -0.456 e. The van der Waals surface area contributed by atoms with Crippen molar-refractivity contribution in [1.82, 2.24) is 0 Å². The maximum atomic E-state index is 8.88. The molecule has 1 heteroatoms. The molecular weight excluding hydrogens is 472 g/mol. The molecule has 8 rings (SSSR count). The molecule has 0 atom stereocenters. The first-order valence-corrected chi connectivity index (χ1v) is 12.5. The molecule has 1 nitrogen and oxygen atoms in total. The molecule has 182 valence electrons. The maximum Gasteiger partial charge on any atom is 0.136 e. The van der Waals surface area contributed by atoms with E-state index in [-0.39, 0.29) is 35.3 Å². The fraction of sp³-hybridized carbons (Fsp3) is 0. The van der Waals surface area contributed by atoms with Crippen LogP contribution in [0.4, 0.5) is 0 Å². The Bertz CT molecular complexity index is 2620. The third-order valence-corrected chi connectivity index (χ3v) is 7.22. The lowest BCUT2D eigenvalue weighted by atomic mass is 9.85. The predicted molar refractivity (Wildman–Crippen MR) is 165 cm³/mol. The first-order chi connectivity index (χ1) is 23.5. The number of fused-ring (bicyclic) bond motifs is 5. The van der Waals surface area contributed by atoms with E-state index in [1.807, 2.05) is 84.9 Å². The fourth-order valence-corrected chi connectivity index (χ4v) is 5.66. The second-order valence-electron chi connectivity index (χ2n) is 9.34. The van der Waals surface area contributed by atoms with Crippen molar-refractivity contribution in [2.75, 3.05) is 0 Å². The third kappa shape index (κ3) is 3.41. The highest BCUT2D eigenvalue weighted by molar-refractivity contribution is 6.23. The molecule has 0 saturated heterocycles. The van der Waals surface area contributed by atoms with Gasteiger partial charge in [-0.25, -0.2) is 0 Å². The summed E-state index contributed by atoms with van der Waals surface area (Å²) < 4.78 is 91.8. The van der Waals surface area contributed by atoms with Crippen LogP contribution in [0, 0.1) is 0 Å². The Balaban J connectivity index is 1.56. The number of benzene rings is 7. The molecule has 1 heterocycles. The SMILES string of the molecule is [2H]c1c([2H])c([2H])c(-c2c3ccccc3c(-c3cc(-c4c([2H])c([2H])c([2H])c([2H])c4[2H])c4c(c3)oc3ccccc34)c3ccccc23)c([2H])c1[2H]. The van der Waals surface area contributed by atoms with Gasteiger partial charge in [-0.05, 0) is 73.1 Å². The van der Waals surface area contributed by atoms with E-state index < -0.39 is 36.3 Å². The Morgan fingerprint density at radius 1 is 0.436 bits per heavy atom. The number of hydrogen-bond donors (Lipinski definition) is 0. The van der Waals surface area contributed by atoms with E-state index in [2.05, 4.69) is 0 Å². The van der Waals surface area contributed by atoms with Crippen LogP contribution in [0.15, 0.2) is 150 Å². The molecule has 0 bridgehead atoms. The van der Waals surface area contributed by atoms with Gasteiger partial charge < -0.3 is 4.42 Å². The van der Waals surface area contributed by atoms with Crippen LogP contribution in [-0.2, 0) is 0 Å². The van der Waals surface area contributed by atoms with Gasteiger partial charge in [0.15, 0.2) is 0 Å². The smallest absolute Gasteiger partial charge is 0.136 e. The molecule has 0 fully saturated rings. The summed E-state index contributed by atoms with van der Waals surface area (Å²) in [7, 11) is 0. The number of furan rings is 1. The number of rotatable bonds is 3. The summed E-state index contributed by atoms with van der Waals surface area (Å²) in [5, 5.41) is 4.11. The van der Waals surface area contributed by atoms with Gasteiger partial charge in [-0.2, -0.15) is 0 Å². The van der Waals surface area contributed by atoms with E-state index in [4.69, 9.17) is 18.1 Å². The average molecular weight is 507 g/mol. The van der Waals surface area contributed by atoms with Gasteiger partial charge in [-0.1, -0.05) is 127 Å². The van der Waals surface area contributed by atoms with Crippen molar-refractivity contribution in [3.8, 4) is 33.4 Å². The van der Waals surface area contributed by atoms with Crippen molar-refractivity contribution in [3.05, 3.63) is 145 Å². The summed E-state index contributed by atoms with van der Waals surface area (Å²) in [6.07, 6.45) is 0. The highest BCUT2D eigenvalue weighted by Gasteiger charge is 2.20. The van der Waals surface area contributed by atoms with Crippen LogP contribution in [0.3, 0.4) is 0 Å². The lowest BCUT2D eigenvalue weighted by Gasteiger charge is -2.18. The normalized spacial score (nSPS) is 15.2. The van der Waals surface area contributed by atoms with Crippen LogP contribution < -0.4 is 0 Å². The van der Waals surface area contributed by atoms with Crippen LogP contribution >= 0.6 is 0 Å². The largest absolute Gasteiger partial charge is 0.456 e. The van der Waals surface area contributed by atoms with Gasteiger partial charge >= 0.3 is 0 Å². The zero-order valence-corrected chi connectivity index (χ0v) is 20.5. The van der Waals surface area contributed by atoms with E-state index in [1.54, 1.807) is 0 Å². The molecule has 0 radical (unpaired) electrons. The minimum atomic E-state index is -0.483. The standard InChI is InChI=1S/C38H24O/c1-3-13-25(14-4-1)33-23-27(24-35-38(33)32-21-11-12-22-34(32)39-35)37-30-19-9-7-17-28(30)36(26-15-5-2-6-16-26)29-18-8-10-20-31(29)37/h1-24H/i1D,2D,3D,4D,5D,6D,13D,14D,15D,16D. The van der Waals surface area contributed by atoms with Gasteiger partial charge in [-0.3, -0.25) is 0 Å². The molecular formula is C38H24O. The summed E-state index contributed by atoms with van der Waals surface area (Å²) >= 11 is 0. The van der Waals surface area contributed by atoms with Gasteiger partial charge in [0, 0.05) is 10.8 Å². The maximum absolute atomic E-state index is 8.88. The monoisotopic (exact) mass is 506 g/mol. The van der Waals surface area contributed by atoms with E-state index >= 15 is 0 Å². The van der Waals surface area contributed by atoms with Gasteiger partial charge in [0.05, 0.1) is 13.7 Å². The number of hydrogen-bond acceptors (Lipinski definition) is 1. The van der Waals surface area contributed by atoms with E-state index in [0.29, 0.717) is 44.0 Å². The molecule has 0 spiro atoms. The molecule has 0 aliphatic rings. The molecule has 39 heavy (non-hydrogen) atoms. The first-order valence-electron chi connectivity index (χ1n) is 17.5. The molecule has 0 aliphatic carbocycles. The van der Waals surface area contributed by atoms with Crippen LogP contribution in [0.1, 0.15) is 13.7 Å². The average Bonchev–Trinajstić information content (AvgIpc) is 3.50. The first kappa shape index (κ1) is 14.1. The Labute approximate surface area is 240 Å². The van der Waals surface area contributed by atoms with Gasteiger partial charge in [-0.15, -0.1) is 0 Å². The lowest BCUT2D eigenvalue weighted by Crippen LogP contribution is -1.91. The van der Waals surface area contributed by atoms with Crippen molar-refractivity contribution in [3.63, 3.8) is 0 Å². The van der Waals surface area contributed by atoms with Crippen LogP contribution in [0.5, 0.6) is 0 Å². The second-order valence-corrected chi connectivity index (χ2v) is 9.34. The van der Waals surface area contributed by atoms with E-state index in [9.17, 15) is 0 Å². The number of para-hydroxylation sites is 1. The van der Waals surface area contributed by atoms with Crippen molar-refractivity contribution in [1.29, 1.82) is 0 Å². The van der Waals surface area contributed by atoms with Crippen molar-refractivity contribution >= 4 is 43.5 Å². The van der Waals surface area contributed by atoms with Gasteiger partial charge in [0.25, 0.3) is 0 Å².